The Morgan fingerprint density at radius 2 is 1.77 bits per heavy atom. The van der Waals surface area contributed by atoms with Crippen molar-refractivity contribution in [3.63, 3.8) is 0 Å². The number of halogens is 1. The number of rotatable bonds is 6. The van der Waals surface area contributed by atoms with Gasteiger partial charge in [0.2, 0.25) is 10.0 Å². The highest BCUT2D eigenvalue weighted by molar-refractivity contribution is 7.89. The summed E-state index contributed by atoms with van der Waals surface area (Å²) in [5, 5.41) is 2.83. The van der Waals surface area contributed by atoms with Gasteiger partial charge in [0.25, 0.3) is 5.91 Å². The minimum absolute atomic E-state index is 0.0787. The van der Waals surface area contributed by atoms with E-state index >= 15 is 0 Å². The van der Waals surface area contributed by atoms with Crippen molar-refractivity contribution in [2.75, 3.05) is 31.7 Å². The van der Waals surface area contributed by atoms with E-state index in [1.165, 1.54) is 22.5 Å². The number of benzene rings is 3. The number of hydrogen-bond donors (Lipinski definition) is 1. The number of nitrogens with zero attached hydrogens (tertiary/aromatic N) is 1. The van der Waals surface area contributed by atoms with Crippen molar-refractivity contribution in [1.82, 2.24) is 4.31 Å². The standard InChI is InChI=1S/C25H23ClN2O6S/c26-21-14-20(35(30,31)28-10-9-17-3-1-2-4-18(17)15-28)6-8-22(21)34-16-25(29)27-19-5-7-23-24(13-19)33-12-11-32-23/h1-8,13-14H,9-12,15-16H2,(H,27,29). The van der Waals surface area contributed by atoms with Crippen LogP contribution in [-0.2, 0) is 27.8 Å². The summed E-state index contributed by atoms with van der Waals surface area (Å²) in [4.78, 5) is 12.4. The number of anilines is 1. The van der Waals surface area contributed by atoms with E-state index in [0.29, 0.717) is 49.9 Å². The summed E-state index contributed by atoms with van der Waals surface area (Å²) in [5.41, 5.74) is 2.70. The fourth-order valence-electron chi connectivity index (χ4n) is 4.04. The molecular formula is C25H23ClN2O6S. The van der Waals surface area contributed by atoms with Gasteiger partial charge in [-0.25, -0.2) is 8.42 Å². The van der Waals surface area contributed by atoms with Gasteiger partial charge in [-0.2, -0.15) is 4.31 Å². The first kappa shape index (κ1) is 23.5. The number of carbonyl (C=O) groups excluding carboxylic acids is 1. The van der Waals surface area contributed by atoms with Crippen LogP contribution in [0.4, 0.5) is 5.69 Å². The van der Waals surface area contributed by atoms with Gasteiger partial charge in [-0.15, -0.1) is 0 Å². The van der Waals surface area contributed by atoms with Crippen LogP contribution in [0.2, 0.25) is 5.02 Å². The van der Waals surface area contributed by atoms with Gasteiger partial charge in [-0.1, -0.05) is 35.9 Å². The van der Waals surface area contributed by atoms with Crippen LogP contribution in [-0.4, -0.2) is 45.0 Å². The van der Waals surface area contributed by atoms with Crippen LogP contribution in [0, 0.1) is 0 Å². The largest absolute Gasteiger partial charge is 0.486 e. The predicted molar refractivity (Wildman–Crippen MR) is 131 cm³/mol. The lowest BCUT2D eigenvalue weighted by atomic mass is 10.0. The first-order valence-electron chi connectivity index (χ1n) is 11.1. The Hall–Kier alpha value is -3.27. The van der Waals surface area contributed by atoms with Crippen molar-refractivity contribution in [3.05, 3.63) is 76.8 Å². The highest BCUT2D eigenvalue weighted by Gasteiger charge is 2.28. The molecule has 182 valence electrons. The van der Waals surface area contributed by atoms with Crippen molar-refractivity contribution in [2.45, 2.75) is 17.9 Å². The Bertz CT molecular complexity index is 1380. The average molecular weight is 515 g/mol. The number of amides is 1. The van der Waals surface area contributed by atoms with E-state index in [9.17, 15) is 13.2 Å². The van der Waals surface area contributed by atoms with Gasteiger partial charge in [0, 0.05) is 24.8 Å². The maximum absolute atomic E-state index is 13.2. The molecule has 3 aromatic rings. The molecule has 0 spiro atoms. The molecule has 0 saturated carbocycles. The van der Waals surface area contributed by atoms with Crippen molar-refractivity contribution < 1.29 is 27.4 Å². The van der Waals surface area contributed by atoms with Crippen LogP contribution in [0.1, 0.15) is 11.1 Å². The molecule has 1 N–H and O–H groups in total. The molecule has 0 fully saturated rings. The second-order valence-corrected chi connectivity index (χ2v) is 10.5. The zero-order valence-electron chi connectivity index (χ0n) is 18.7. The van der Waals surface area contributed by atoms with E-state index in [0.717, 1.165) is 11.1 Å². The minimum Gasteiger partial charge on any atom is -0.486 e. The van der Waals surface area contributed by atoms with Crippen LogP contribution in [0.25, 0.3) is 0 Å². The third-order valence-corrected chi connectivity index (χ3v) is 7.96. The molecule has 8 nitrogen and oxygen atoms in total. The van der Waals surface area contributed by atoms with Gasteiger partial charge in [-0.05, 0) is 47.9 Å². The first-order valence-corrected chi connectivity index (χ1v) is 12.9. The van der Waals surface area contributed by atoms with E-state index in [1.807, 2.05) is 24.3 Å². The fourth-order valence-corrected chi connectivity index (χ4v) is 5.79. The van der Waals surface area contributed by atoms with E-state index < -0.39 is 15.9 Å². The van der Waals surface area contributed by atoms with Gasteiger partial charge < -0.3 is 19.5 Å². The maximum atomic E-state index is 13.2. The van der Waals surface area contributed by atoms with Crippen LogP contribution >= 0.6 is 11.6 Å². The summed E-state index contributed by atoms with van der Waals surface area (Å²) in [6.45, 7) is 1.34. The molecule has 0 aliphatic carbocycles. The molecule has 2 aliphatic rings. The summed E-state index contributed by atoms with van der Waals surface area (Å²) in [6.07, 6.45) is 0.656. The van der Waals surface area contributed by atoms with E-state index in [1.54, 1.807) is 18.2 Å². The summed E-state index contributed by atoms with van der Waals surface area (Å²) in [7, 11) is -3.73. The summed E-state index contributed by atoms with van der Waals surface area (Å²) >= 11 is 6.31. The molecule has 0 radical (unpaired) electrons. The van der Waals surface area contributed by atoms with Gasteiger partial charge >= 0.3 is 0 Å². The van der Waals surface area contributed by atoms with Gasteiger partial charge in [-0.3, -0.25) is 4.79 Å². The topological polar surface area (TPSA) is 94.2 Å². The molecule has 35 heavy (non-hydrogen) atoms. The maximum Gasteiger partial charge on any atom is 0.262 e. The van der Waals surface area contributed by atoms with Gasteiger partial charge in [0.1, 0.15) is 19.0 Å². The summed E-state index contributed by atoms with van der Waals surface area (Å²) in [6, 6.07) is 17.2. The number of carbonyl (C=O) groups is 1. The number of fused-ring (bicyclic) bond motifs is 2. The van der Waals surface area contributed by atoms with Crippen molar-refractivity contribution in [3.8, 4) is 17.2 Å². The minimum atomic E-state index is -3.73. The normalized spacial score (nSPS) is 15.2. The molecule has 0 aromatic heterocycles. The number of hydrogen-bond acceptors (Lipinski definition) is 6. The molecule has 10 heteroatoms. The van der Waals surface area contributed by atoms with E-state index in [2.05, 4.69) is 5.32 Å². The lowest BCUT2D eigenvalue weighted by Crippen LogP contribution is -2.35. The first-order chi connectivity index (χ1) is 16.9. The Morgan fingerprint density at radius 1 is 1.00 bits per heavy atom. The molecular weight excluding hydrogens is 492 g/mol. The second kappa shape index (κ2) is 9.77. The fraction of sp³-hybridized carbons (Fsp3) is 0.240. The highest BCUT2D eigenvalue weighted by atomic mass is 35.5. The SMILES string of the molecule is O=C(COc1ccc(S(=O)(=O)N2CCc3ccccc3C2)cc1Cl)Nc1ccc2c(c1)OCCO2. The molecule has 0 bridgehead atoms. The molecule has 1 amide bonds. The average Bonchev–Trinajstić information content (AvgIpc) is 2.87. The molecule has 0 atom stereocenters. The Kier molecular flexibility index (Phi) is 6.55. The summed E-state index contributed by atoms with van der Waals surface area (Å²) < 4.78 is 44.3. The monoisotopic (exact) mass is 514 g/mol. The Labute approximate surface area is 208 Å². The Morgan fingerprint density at radius 3 is 2.57 bits per heavy atom. The second-order valence-electron chi connectivity index (χ2n) is 8.14. The van der Waals surface area contributed by atoms with Gasteiger partial charge in [0.05, 0.1) is 9.92 Å². The molecule has 5 rings (SSSR count). The van der Waals surface area contributed by atoms with E-state index in [-0.39, 0.29) is 22.3 Å². The van der Waals surface area contributed by atoms with E-state index in [4.69, 9.17) is 25.8 Å². The van der Waals surface area contributed by atoms with Crippen molar-refractivity contribution in [2.24, 2.45) is 0 Å². The lowest BCUT2D eigenvalue weighted by Gasteiger charge is -2.28. The number of sulfonamides is 1. The molecule has 0 unspecified atom stereocenters. The van der Waals surface area contributed by atoms with Crippen LogP contribution < -0.4 is 19.5 Å². The third-order valence-electron chi connectivity index (χ3n) is 5.82. The molecule has 0 saturated heterocycles. The molecule has 2 aliphatic heterocycles. The van der Waals surface area contributed by atoms with Crippen molar-refractivity contribution >= 4 is 33.2 Å². The zero-order chi connectivity index (χ0) is 24.4. The van der Waals surface area contributed by atoms with Crippen molar-refractivity contribution in [1.29, 1.82) is 0 Å². The summed E-state index contributed by atoms with van der Waals surface area (Å²) in [5.74, 6) is 1.00. The highest BCUT2D eigenvalue weighted by Crippen LogP contribution is 2.33. The third kappa shape index (κ3) is 5.07. The quantitative estimate of drug-likeness (QED) is 0.536. The number of ether oxygens (including phenoxy) is 3. The smallest absolute Gasteiger partial charge is 0.262 e. The van der Waals surface area contributed by atoms with Crippen LogP contribution in [0.3, 0.4) is 0 Å². The predicted octanol–water partition coefficient (Wildman–Crippen LogP) is 3.88. The lowest BCUT2D eigenvalue weighted by molar-refractivity contribution is -0.118. The van der Waals surface area contributed by atoms with Crippen LogP contribution in [0.15, 0.2) is 65.6 Å². The number of nitrogens with one attached hydrogen (secondary N) is 1. The molecule has 3 aromatic carbocycles. The van der Waals surface area contributed by atoms with Crippen LogP contribution in [0.5, 0.6) is 17.2 Å². The van der Waals surface area contributed by atoms with Gasteiger partial charge in [0.15, 0.2) is 18.1 Å². The zero-order valence-corrected chi connectivity index (χ0v) is 20.3. The Balaban J connectivity index is 1.22. The molecule has 2 heterocycles.